The number of rotatable bonds is 8. The molecular formula is C28H23Cl2NO2. The molecule has 4 rings (SSSR count). The van der Waals surface area contributed by atoms with Gasteiger partial charge in [-0.25, -0.2) is 0 Å². The van der Waals surface area contributed by atoms with E-state index in [0.717, 1.165) is 22.4 Å². The number of nitrogens with one attached hydrogen (secondary N) is 1. The SMILES string of the molecule is O=C(c1ccccc1)C(c1ccccc1)C(Nc1ccc(Cl)c(Cl)c1)c1ccc(CO)cc1. The fourth-order valence-electron chi connectivity index (χ4n) is 3.89. The Labute approximate surface area is 203 Å². The molecule has 166 valence electrons. The van der Waals surface area contributed by atoms with Crippen molar-refractivity contribution in [2.24, 2.45) is 0 Å². The normalized spacial score (nSPS) is 12.7. The van der Waals surface area contributed by atoms with Crippen LogP contribution in [0.2, 0.25) is 10.0 Å². The molecule has 2 unspecified atom stereocenters. The highest BCUT2D eigenvalue weighted by Crippen LogP contribution is 2.38. The number of ketones is 1. The number of hydrogen-bond acceptors (Lipinski definition) is 3. The van der Waals surface area contributed by atoms with Crippen LogP contribution in [0.15, 0.2) is 103 Å². The minimum atomic E-state index is -0.511. The first-order valence-corrected chi connectivity index (χ1v) is 11.4. The van der Waals surface area contributed by atoms with Crippen molar-refractivity contribution in [1.82, 2.24) is 0 Å². The van der Waals surface area contributed by atoms with Gasteiger partial charge in [-0.2, -0.15) is 0 Å². The molecule has 3 nitrogen and oxygen atoms in total. The van der Waals surface area contributed by atoms with Crippen molar-refractivity contribution in [3.63, 3.8) is 0 Å². The molecule has 4 aromatic rings. The quantitative estimate of drug-likeness (QED) is 0.262. The van der Waals surface area contributed by atoms with Crippen LogP contribution in [0, 0.1) is 0 Å². The molecule has 0 aliphatic heterocycles. The van der Waals surface area contributed by atoms with Gasteiger partial charge in [0, 0.05) is 11.3 Å². The maximum atomic E-state index is 13.9. The maximum absolute atomic E-state index is 13.9. The van der Waals surface area contributed by atoms with E-state index in [9.17, 15) is 9.90 Å². The van der Waals surface area contributed by atoms with Gasteiger partial charge in [-0.15, -0.1) is 0 Å². The molecule has 0 saturated heterocycles. The molecule has 4 aromatic carbocycles. The summed E-state index contributed by atoms with van der Waals surface area (Å²) in [5, 5.41) is 13.9. The third-order valence-electron chi connectivity index (χ3n) is 5.60. The van der Waals surface area contributed by atoms with E-state index in [4.69, 9.17) is 23.2 Å². The number of hydrogen-bond donors (Lipinski definition) is 2. The van der Waals surface area contributed by atoms with Crippen LogP contribution in [0.1, 0.15) is 39.0 Å². The van der Waals surface area contributed by atoms with Crippen LogP contribution in [0.25, 0.3) is 0 Å². The summed E-state index contributed by atoms with van der Waals surface area (Å²) in [6.45, 7) is -0.0454. The third kappa shape index (κ3) is 5.45. The highest BCUT2D eigenvalue weighted by atomic mass is 35.5. The van der Waals surface area contributed by atoms with E-state index in [1.165, 1.54) is 0 Å². The van der Waals surface area contributed by atoms with E-state index in [1.54, 1.807) is 12.1 Å². The highest BCUT2D eigenvalue weighted by molar-refractivity contribution is 6.42. The Bertz CT molecular complexity index is 1210. The summed E-state index contributed by atoms with van der Waals surface area (Å²) in [7, 11) is 0. The van der Waals surface area contributed by atoms with Gasteiger partial charge in [0.2, 0.25) is 0 Å². The van der Waals surface area contributed by atoms with Crippen molar-refractivity contribution in [2.45, 2.75) is 18.6 Å². The van der Waals surface area contributed by atoms with Gasteiger partial charge in [0.1, 0.15) is 0 Å². The molecule has 0 aliphatic carbocycles. The molecule has 0 amide bonds. The topological polar surface area (TPSA) is 49.3 Å². The van der Waals surface area contributed by atoms with E-state index >= 15 is 0 Å². The predicted octanol–water partition coefficient (Wildman–Crippen LogP) is 7.31. The average molecular weight is 476 g/mol. The molecule has 0 fully saturated rings. The number of anilines is 1. The first-order valence-electron chi connectivity index (χ1n) is 10.6. The Morgan fingerprint density at radius 3 is 2.00 bits per heavy atom. The van der Waals surface area contributed by atoms with Crippen LogP contribution in [0.5, 0.6) is 0 Å². The predicted molar refractivity (Wildman–Crippen MR) is 135 cm³/mol. The van der Waals surface area contributed by atoms with Crippen LogP contribution in [0.3, 0.4) is 0 Å². The maximum Gasteiger partial charge on any atom is 0.172 e. The van der Waals surface area contributed by atoms with Gasteiger partial charge >= 0.3 is 0 Å². The van der Waals surface area contributed by atoms with Gasteiger partial charge in [-0.05, 0) is 34.9 Å². The molecule has 2 N–H and O–H groups in total. The number of benzene rings is 4. The molecule has 2 atom stereocenters. The number of aliphatic hydroxyl groups is 1. The summed E-state index contributed by atoms with van der Waals surface area (Å²) >= 11 is 12.4. The smallest absolute Gasteiger partial charge is 0.172 e. The average Bonchev–Trinajstić information content (AvgIpc) is 2.87. The molecular weight excluding hydrogens is 453 g/mol. The van der Waals surface area contributed by atoms with Gasteiger partial charge in [-0.1, -0.05) is 108 Å². The lowest BCUT2D eigenvalue weighted by Crippen LogP contribution is -2.26. The molecule has 0 aliphatic rings. The standard InChI is InChI=1S/C28H23Cl2NO2/c29-24-16-15-23(17-25(24)30)31-27(21-13-11-19(18-32)12-14-21)26(20-7-3-1-4-8-20)28(33)22-9-5-2-6-10-22/h1-17,26-27,31-32H,18H2. The van der Waals surface area contributed by atoms with Crippen LogP contribution in [-0.4, -0.2) is 10.9 Å². The Kier molecular flexibility index (Phi) is 7.46. The van der Waals surface area contributed by atoms with Gasteiger partial charge < -0.3 is 10.4 Å². The van der Waals surface area contributed by atoms with Crippen molar-refractivity contribution in [1.29, 1.82) is 0 Å². The molecule has 0 spiro atoms. The first-order chi connectivity index (χ1) is 16.1. The monoisotopic (exact) mass is 475 g/mol. The number of carbonyl (C=O) groups is 1. The van der Waals surface area contributed by atoms with E-state index in [-0.39, 0.29) is 12.4 Å². The zero-order chi connectivity index (χ0) is 23.2. The van der Waals surface area contributed by atoms with Crippen LogP contribution < -0.4 is 5.32 Å². The Hall–Kier alpha value is -3.11. The fraction of sp³-hybridized carbons (Fsp3) is 0.107. The van der Waals surface area contributed by atoms with Crippen molar-refractivity contribution in [3.05, 3.63) is 135 Å². The number of carbonyl (C=O) groups excluding carboxylic acids is 1. The second-order valence-electron chi connectivity index (χ2n) is 7.77. The first kappa shape index (κ1) is 23.1. The van der Waals surface area contributed by atoms with Gasteiger partial charge in [0.25, 0.3) is 0 Å². The Balaban J connectivity index is 1.84. The largest absolute Gasteiger partial charge is 0.392 e. The van der Waals surface area contributed by atoms with E-state index in [1.807, 2.05) is 91.0 Å². The van der Waals surface area contributed by atoms with Crippen LogP contribution in [0.4, 0.5) is 5.69 Å². The minimum Gasteiger partial charge on any atom is -0.392 e. The Morgan fingerprint density at radius 1 is 0.758 bits per heavy atom. The molecule has 0 heterocycles. The van der Waals surface area contributed by atoms with Gasteiger partial charge in [0.05, 0.1) is 28.6 Å². The zero-order valence-electron chi connectivity index (χ0n) is 17.8. The van der Waals surface area contributed by atoms with Crippen molar-refractivity contribution >= 4 is 34.7 Å². The summed E-state index contributed by atoms with van der Waals surface area (Å²) < 4.78 is 0. The second kappa shape index (κ2) is 10.7. The van der Waals surface area contributed by atoms with Gasteiger partial charge in [0.15, 0.2) is 5.78 Å². The summed E-state index contributed by atoms with van der Waals surface area (Å²) in [5.74, 6) is -0.506. The van der Waals surface area contributed by atoms with Crippen molar-refractivity contribution < 1.29 is 9.90 Å². The number of Topliss-reactive ketones (excluding diaryl/α,β-unsaturated/α-hetero) is 1. The summed E-state index contributed by atoms with van der Waals surface area (Å²) in [6, 6.07) is 31.6. The summed E-state index contributed by atoms with van der Waals surface area (Å²) in [5.41, 5.74) is 4.01. The summed E-state index contributed by atoms with van der Waals surface area (Å²) in [4.78, 5) is 13.9. The second-order valence-corrected chi connectivity index (χ2v) is 8.58. The van der Waals surface area contributed by atoms with Crippen LogP contribution >= 0.6 is 23.2 Å². The van der Waals surface area contributed by atoms with E-state index in [0.29, 0.717) is 15.6 Å². The molecule has 5 heteroatoms. The van der Waals surface area contributed by atoms with Crippen molar-refractivity contribution in [3.8, 4) is 0 Å². The molecule has 0 aromatic heterocycles. The zero-order valence-corrected chi connectivity index (χ0v) is 19.3. The number of halogens is 2. The lowest BCUT2D eigenvalue weighted by molar-refractivity contribution is 0.0950. The van der Waals surface area contributed by atoms with Crippen LogP contribution in [-0.2, 0) is 6.61 Å². The number of aliphatic hydroxyl groups excluding tert-OH is 1. The van der Waals surface area contributed by atoms with Gasteiger partial charge in [-0.3, -0.25) is 4.79 Å². The van der Waals surface area contributed by atoms with E-state index in [2.05, 4.69) is 5.32 Å². The fourth-order valence-corrected chi connectivity index (χ4v) is 4.19. The molecule has 33 heavy (non-hydrogen) atoms. The molecule has 0 saturated carbocycles. The molecule has 0 radical (unpaired) electrons. The lowest BCUT2D eigenvalue weighted by atomic mass is 9.81. The molecule has 0 bridgehead atoms. The third-order valence-corrected chi connectivity index (χ3v) is 6.34. The van der Waals surface area contributed by atoms with E-state index < -0.39 is 12.0 Å². The highest BCUT2D eigenvalue weighted by Gasteiger charge is 2.32. The lowest BCUT2D eigenvalue weighted by Gasteiger charge is -2.29. The van der Waals surface area contributed by atoms with Crippen molar-refractivity contribution in [2.75, 3.05) is 5.32 Å². The summed E-state index contributed by atoms with van der Waals surface area (Å²) in [6.07, 6.45) is 0. The Morgan fingerprint density at radius 2 is 1.39 bits per heavy atom. The minimum absolute atomic E-state index is 0.00518.